The van der Waals surface area contributed by atoms with Crippen LogP contribution in [0.5, 0.6) is 0 Å². The number of aliphatic carboxylic acids is 1. The zero-order chi connectivity index (χ0) is 18.1. The van der Waals surface area contributed by atoms with E-state index in [9.17, 15) is 14.3 Å². The van der Waals surface area contributed by atoms with Gasteiger partial charge in [-0.2, -0.15) is 0 Å². The van der Waals surface area contributed by atoms with Crippen LogP contribution in [-0.2, 0) is 4.79 Å². The molecule has 0 saturated heterocycles. The summed E-state index contributed by atoms with van der Waals surface area (Å²) in [5.74, 6) is 0.303. The Morgan fingerprint density at radius 2 is 1.88 bits per heavy atom. The summed E-state index contributed by atoms with van der Waals surface area (Å²) < 4.78 is 13.2. The van der Waals surface area contributed by atoms with Crippen LogP contribution < -0.4 is 5.32 Å². The van der Waals surface area contributed by atoms with Crippen LogP contribution in [0.15, 0.2) is 24.3 Å². The molecule has 0 radical (unpaired) electrons. The van der Waals surface area contributed by atoms with Crippen LogP contribution in [0.1, 0.15) is 56.4 Å². The predicted octanol–water partition coefficient (Wildman–Crippen LogP) is 3.38. The molecule has 0 heterocycles. The molecule has 0 amide bonds. The summed E-state index contributed by atoms with van der Waals surface area (Å²) in [5.41, 5.74) is 1.23. The number of rotatable bonds is 8. The molecule has 2 atom stereocenters. The van der Waals surface area contributed by atoms with E-state index in [4.69, 9.17) is 0 Å². The van der Waals surface area contributed by atoms with E-state index in [2.05, 4.69) is 10.2 Å². The molecule has 142 valence electrons. The Hall–Kier alpha value is -1.46. The summed E-state index contributed by atoms with van der Waals surface area (Å²) in [5, 5.41) is 13.0. The van der Waals surface area contributed by atoms with Gasteiger partial charge in [0.1, 0.15) is 5.82 Å². The molecule has 26 heavy (non-hydrogen) atoms. The van der Waals surface area contributed by atoms with Crippen molar-refractivity contribution in [3.05, 3.63) is 35.6 Å². The van der Waals surface area contributed by atoms with Gasteiger partial charge in [0.2, 0.25) is 0 Å². The number of hydrogen-bond donors (Lipinski definition) is 2. The fraction of sp³-hybridized carbons (Fsp3) is 0.667. The van der Waals surface area contributed by atoms with Gasteiger partial charge in [0.15, 0.2) is 0 Å². The lowest BCUT2D eigenvalue weighted by atomic mass is 9.83. The van der Waals surface area contributed by atoms with Crippen LogP contribution in [0, 0.1) is 11.7 Å². The van der Waals surface area contributed by atoms with Crippen LogP contribution in [0.2, 0.25) is 0 Å². The first kappa shape index (κ1) is 17.9. The molecule has 2 unspecified atom stereocenters. The van der Waals surface area contributed by atoms with Crippen LogP contribution in [0.3, 0.4) is 0 Å². The summed E-state index contributed by atoms with van der Waals surface area (Å²) in [4.78, 5) is 13.3. The second kappa shape index (κ2) is 7.65. The van der Waals surface area contributed by atoms with E-state index in [1.165, 1.54) is 31.2 Å². The van der Waals surface area contributed by atoms with Gasteiger partial charge in [-0.1, -0.05) is 18.6 Å². The number of halogens is 1. The molecule has 1 aromatic carbocycles. The van der Waals surface area contributed by atoms with Gasteiger partial charge in [-0.25, -0.2) is 4.39 Å². The van der Waals surface area contributed by atoms with Gasteiger partial charge >= 0.3 is 5.97 Å². The van der Waals surface area contributed by atoms with Gasteiger partial charge in [-0.15, -0.1) is 0 Å². The fourth-order valence-electron chi connectivity index (χ4n) is 4.74. The van der Waals surface area contributed by atoms with E-state index in [1.54, 1.807) is 12.1 Å². The average Bonchev–Trinajstić information content (AvgIpc) is 3.26. The van der Waals surface area contributed by atoms with Crippen molar-refractivity contribution >= 4 is 5.97 Å². The number of hydrogen-bond acceptors (Lipinski definition) is 3. The van der Waals surface area contributed by atoms with Gasteiger partial charge in [-0.3, -0.25) is 9.69 Å². The SMILES string of the molecule is O=C(O)CN(CC1CC1)C1CC(NC2CCCC2c2ccc(F)cc2)C1. The molecule has 4 rings (SSSR count). The molecular weight excluding hydrogens is 331 g/mol. The maximum Gasteiger partial charge on any atom is 0.317 e. The number of carbonyl (C=O) groups is 1. The summed E-state index contributed by atoms with van der Waals surface area (Å²) in [6.45, 7) is 1.13. The summed E-state index contributed by atoms with van der Waals surface area (Å²) in [6.07, 6.45) is 8.15. The van der Waals surface area contributed by atoms with Gasteiger partial charge in [0, 0.05) is 24.7 Å². The Bertz CT molecular complexity index is 625. The molecule has 3 aliphatic rings. The van der Waals surface area contributed by atoms with Crippen molar-refractivity contribution in [3.8, 4) is 0 Å². The van der Waals surface area contributed by atoms with Crippen LogP contribution >= 0.6 is 0 Å². The summed E-state index contributed by atoms with van der Waals surface area (Å²) in [7, 11) is 0. The zero-order valence-electron chi connectivity index (χ0n) is 15.2. The Morgan fingerprint density at radius 1 is 1.15 bits per heavy atom. The van der Waals surface area contributed by atoms with Crippen LogP contribution in [0.25, 0.3) is 0 Å². The smallest absolute Gasteiger partial charge is 0.317 e. The average molecular weight is 360 g/mol. The molecule has 3 saturated carbocycles. The van der Waals surface area contributed by atoms with Crippen molar-refractivity contribution in [2.24, 2.45) is 5.92 Å². The third kappa shape index (κ3) is 4.26. The minimum Gasteiger partial charge on any atom is -0.480 e. The highest BCUT2D eigenvalue weighted by molar-refractivity contribution is 5.69. The van der Waals surface area contributed by atoms with E-state index >= 15 is 0 Å². The third-order valence-electron chi connectivity index (χ3n) is 6.42. The number of nitrogens with one attached hydrogen (secondary N) is 1. The first-order valence-electron chi connectivity index (χ1n) is 10.1. The molecular formula is C21H29FN2O2. The predicted molar refractivity (Wildman–Crippen MR) is 98.7 cm³/mol. The Morgan fingerprint density at radius 3 is 2.54 bits per heavy atom. The van der Waals surface area contributed by atoms with Crippen molar-refractivity contribution < 1.29 is 14.3 Å². The second-order valence-electron chi connectivity index (χ2n) is 8.45. The first-order valence-corrected chi connectivity index (χ1v) is 10.1. The minimum atomic E-state index is -0.714. The highest BCUT2D eigenvalue weighted by Crippen LogP contribution is 2.38. The van der Waals surface area contributed by atoms with Crippen molar-refractivity contribution in [2.45, 2.75) is 69.0 Å². The zero-order valence-corrected chi connectivity index (χ0v) is 15.2. The fourth-order valence-corrected chi connectivity index (χ4v) is 4.74. The molecule has 0 aliphatic heterocycles. The quantitative estimate of drug-likeness (QED) is 0.746. The molecule has 2 N–H and O–H groups in total. The Kier molecular flexibility index (Phi) is 5.28. The van der Waals surface area contributed by atoms with Crippen molar-refractivity contribution in [1.82, 2.24) is 10.2 Å². The van der Waals surface area contributed by atoms with E-state index in [-0.39, 0.29) is 12.4 Å². The number of nitrogens with zero attached hydrogens (tertiary/aromatic N) is 1. The van der Waals surface area contributed by atoms with E-state index in [1.807, 2.05) is 12.1 Å². The standard InChI is InChI=1S/C21H29FN2O2/c22-16-8-6-15(7-9-16)19-2-1-3-20(19)23-17-10-18(11-17)24(13-21(25)26)12-14-4-5-14/h6-9,14,17-20,23H,1-5,10-13H2,(H,25,26). The summed E-state index contributed by atoms with van der Waals surface area (Å²) in [6, 6.07) is 8.33. The van der Waals surface area contributed by atoms with Gasteiger partial charge in [0.05, 0.1) is 6.54 Å². The maximum absolute atomic E-state index is 13.2. The maximum atomic E-state index is 13.2. The van der Waals surface area contributed by atoms with Crippen LogP contribution in [-0.4, -0.2) is 47.2 Å². The molecule has 4 nitrogen and oxygen atoms in total. The normalized spacial score (nSPS) is 31.2. The first-order chi connectivity index (χ1) is 12.6. The minimum absolute atomic E-state index is 0.174. The Labute approximate surface area is 154 Å². The van der Waals surface area contributed by atoms with Crippen LogP contribution in [0.4, 0.5) is 4.39 Å². The lowest BCUT2D eigenvalue weighted by molar-refractivity contribution is -0.139. The van der Waals surface area contributed by atoms with Gasteiger partial charge < -0.3 is 10.4 Å². The van der Waals surface area contributed by atoms with Crippen molar-refractivity contribution in [3.63, 3.8) is 0 Å². The molecule has 3 fully saturated rings. The van der Waals surface area contributed by atoms with E-state index in [0.717, 1.165) is 31.7 Å². The van der Waals surface area contributed by atoms with E-state index in [0.29, 0.717) is 24.0 Å². The summed E-state index contributed by atoms with van der Waals surface area (Å²) >= 11 is 0. The molecule has 1 aromatic rings. The Balaban J connectivity index is 1.29. The molecule has 0 spiro atoms. The van der Waals surface area contributed by atoms with E-state index < -0.39 is 5.97 Å². The highest BCUT2D eigenvalue weighted by Gasteiger charge is 2.39. The largest absolute Gasteiger partial charge is 0.480 e. The van der Waals surface area contributed by atoms with Gasteiger partial charge in [-0.05, 0) is 68.1 Å². The third-order valence-corrected chi connectivity index (χ3v) is 6.42. The number of carboxylic acids is 1. The monoisotopic (exact) mass is 360 g/mol. The number of carboxylic acid groups (broad SMARTS) is 1. The topological polar surface area (TPSA) is 52.6 Å². The lowest BCUT2D eigenvalue weighted by Gasteiger charge is -2.44. The highest BCUT2D eigenvalue weighted by atomic mass is 19.1. The molecule has 3 aliphatic carbocycles. The van der Waals surface area contributed by atoms with Crippen molar-refractivity contribution in [1.29, 1.82) is 0 Å². The van der Waals surface area contributed by atoms with Gasteiger partial charge in [0.25, 0.3) is 0 Å². The lowest BCUT2D eigenvalue weighted by Crippen LogP contribution is -2.56. The van der Waals surface area contributed by atoms with Crippen molar-refractivity contribution in [2.75, 3.05) is 13.1 Å². The second-order valence-corrected chi connectivity index (χ2v) is 8.45. The molecule has 5 heteroatoms. The molecule has 0 bridgehead atoms. The molecule has 0 aromatic heterocycles. The number of benzene rings is 1.